The van der Waals surface area contributed by atoms with Gasteiger partial charge in [-0.2, -0.15) is 0 Å². The maximum absolute atomic E-state index is 14.1. The quantitative estimate of drug-likeness (QED) is 0.0450. The van der Waals surface area contributed by atoms with Crippen molar-refractivity contribution in [2.24, 2.45) is 0 Å². The highest BCUT2D eigenvalue weighted by atomic mass is 16.7. The van der Waals surface area contributed by atoms with E-state index in [-0.39, 0.29) is 28.4 Å². The van der Waals surface area contributed by atoms with Gasteiger partial charge in [0.15, 0.2) is 35.0 Å². The predicted octanol–water partition coefficient (Wildman–Crippen LogP) is -1.21. The van der Waals surface area contributed by atoms with E-state index in [2.05, 4.69) is 0 Å². The number of carbonyl (C=O) groups is 1. The summed E-state index contributed by atoms with van der Waals surface area (Å²) < 4.78 is 50.5. The van der Waals surface area contributed by atoms with Crippen LogP contribution in [0.4, 0.5) is 0 Å². The number of ether oxygens (including phenoxy) is 8. The van der Waals surface area contributed by atoms with Crippen LogP contribution in [0, 0.1) is 0 Å². The molecule has 3 saturated heterocycles. The Hall–Kier alpha value is -5.80. The first-order valence-corrected chi connectivity index (χ1v) is 20.3. The summed E-state index contributed by atoms with van der Waals surface area (Å²) in [6, 6.07) is 9.61. The van der Waals surface area contributed by atoms with Gasteiger partial charge in [-0.25, -0.2) is 4.79 Å². The zero-order valence-corrected chi connectivity index (χ0v) is 35.0. The summed E-state index contributed by atoms with van der Waals surface area (Å²) in [5, 5.41) is 127. The molecule has 1 aromatic heterocycles. The number of hydrogen-bond acceptors (Lipinski definition) is 23. The molecule has 66 heavy (non-hydrogen) atoms. The molecule has 7 rings (SSSR count). The predicted molar refractivity (Wildman–Crippen MR) is 219 cm³/mol. The van der Waals surface area contributed by atoms with Crippen LogP contribution in [0.3, 0.4) is 0 Å². The van der Waals surface area contributed by atoms with Crippen LogP contribution >= 0.6 is 0 Å². The average molecular weight is 933 g/mol. The Morgan fingerprint density at radius 3 is 2.02 bits per heavy atom. The number of aliphatic hydroxyl groups excluding tert-OH is 8. The second-order valence-corrected chi connectivity index (χ2v) is 15.7. The minimum Gasteiger partial charge on any atom is -0.507 e. The number of hydrogen-bond donors (Lipinski definition) is 12. The number of aliphatic hydroxyl groups is 8. The Morgan fingerprint density at radius 1 is 0.667 bits per heavy atom. The number of carbonyl (C=O) groups excluding carboxylic acids is 1. The topological polar surface area (TPSA) is 364 Å². The van der Waals surface area contributed by atoms with Crippen molar-refractivity contribution in [3.63, 3.8) is 0 Å². The summed E-state index contributed by atoms with van der Waals surface area (Å²) in [5.41, 5.74) is -1.07. The molecule has 0 aliphatic carbocycles. The van der Waals surface area contributed by atoms with Crippen molar-refractivity contribution in [2.45, 2.75) is 106 Å². The standard InChI is InChI=1S/C43H48O23/c1-15-29(49)33(53)35(55)41(60-15)66-40-32(52)28-23(47)12-19(13-25(28)63-38(40)18-6-8-20(44)22(46)11-18)62-43-37(57)39(30(50)16(2)61-43)65-42-36(56)34(54)31(51)26(64-42)14-59-27(48)9-5-17-4-7-21(45)24(10-17)58-3/h4-13,15-16,26,29-31,33-37,39,41-47,49-51,53-57H,14H2,1-3H3/b9-5+/t15-,16-,26+,29-,30-,31+,33+,34-,35+,36+,37+,39+,41-,42-,43-/m0/s1. The molecule has 4 aromatic rings. The van der Waals surface area contributed by atoms with E-state index in [1.165, 1.54) is 51.3 Å². The van der Waals surface area contributed by atoms with Gasteiger partial charge in [0.2, 0.25) is 23.8 Å². The van der Waals surface area contributed by atoms with E-state index in [0.29, 0.717) is 5.56 Å². The van der Waals surface area contributed by atoms with Gasteiger partial charge >= 0.3 is 5.97 Å². The molecule has 4 heterocycles. The van der Waals surface area contributed by atoms with Gasteiger partial charge in [0.1, 0.15) is 90.1 Å². The SMILES string of the molecule is COc1cc(/C=C/C(=O)OC[C@H]2O[C@@H](O[C@@H]3[C@@H](O)[C@H](C)O[C@@H](Oc4cc(O)c5c(=O)c(O[C@@H]6O[C@@H](C)[C@H](O)[C@@H](O)[C@H]6O)c(-c6ccc(O)c(O)c6)oc5c4)[C@@H]3O)[C@H](O)[C@@H](O)[C@@H]2O)ccc1O. The monoisotopic (exact) mass is 932 g/mol. The number of phenols is 4. The van der Waals surface area contributed by atoms with E-state index in [0.717, 1.165) is 30.3 Å². The van der Waals surface area contributed by atoms with Crippen LogP contribution in [0.2, 0.25) is 0 Å². The first-order chi connectivity index (χ1) is 31.3. The van der Waals surface area contributed by atoms with Gasteiger partial charge < -0.3 is 104 Å². The van der Waals surface area contributed by atoms with Crippen LogP contribution in [0.1, 0.15) is 19.4 Å². The molecule has 0 amide bonds. The first kappa shape index (κ1) is 48.1. The van der Waals surface area contributed by atoms with Crippen molar-refractivity contribution in [3.8, 4) is 51.6 Å². The number of benzene rings is 3. The largest absolute Gasteiger partial charge is 0.507 e. The molecular formula is C43H48O23. The summed E-state index contributed by atoms with van der Waals surface area (Å²) in [7, 11) is 1.35. The van der Waals surface area contributed by atoms with Crippen LogP contribution in [0.25, 0.3) is 28.4 Å². The molecule has 0 radical (unpaired) electrons. The Kier molecular flexibility index (Phi) is 14.3. The molecule has 0 spiro atoms. The van der Waals surface area contributed by atoms with Gasteiger partial charge in [-0.3, -0.25) is 4.79 Å². The fourth-order valence-electron chi connectivity index (χ4n) is 7.40. The minimum atomic E-state index is -1.97. The normalized spacial score (nSPS) is 32.6. The second-order valence-electron chi connectivity index (χ2n) is 15.7. The molecule has 15 atom stereocenters. The van der Waals surface area contributed by atoms with Crippen molar-refractivity contribution in [1.29, 1.82) is 0 Å². The molecule has 358 valence electrons. The summed E-state index contributed by atoms with van der Waals surface area (Å²) in [6.07, 6.45) is -23.0. The lowest BCUT2D eigenvalue weighted by Crippen LogP contribution is -2.64. The van der Waals surface area contributed by atoms with E-state index >= 15 is 0 Å². The Labute approximate surface area is 372 Å². The molecule has 3 fully saturated rings. The van der Waals surface area contributed by atoms with Gasteiger partial charge in [0, 0.05) is 23.8 Å². The number of esters is 1. The number of rotatable bonds is 12. The molecular weight excluding hydrogens is 884 g/mol. The van der Waals surface area contributed by atoms with Gasteiger partial charge in [-0.15, -0.1) is 0 Å². The first-order valence-electron chi connectivity index (χ1n) is 20.3. The fraction of sp³-hybridized carbons (Fsp3) is 0.442. The minimum absolute atomic E-state index is 0.0770. The van der Waals surface area contributed by atoms with Gasteiger partial charge in [-0.05, 0) is 55.8 Å². The smallest absolute Gasteiger partial charge is 0.330 e. The van der Waals surface area contributed by atoms with Crippen LogP contribution < -0.4 is 19.6 Å². The van der Waals surface area contributed by atoms with Crippen molar-refractivity contribution in [3.05, 3.63) is 70.4 Å². The van der Waals surface area contributed by atoms with Crippen LogP contribution in [0.15, 0.2) is 63.8 Å². The highest BCUT2D eigenvalue weighted by Gasteiger charge is 2.51. The maximum Gasteiger partial charge on any atom is 0.330 e. The molecule has 0 saturated carbocycles. The number of methoxy groups -OCH3 is 1. The molecule has 3 aliphatic heterocycles. The van der Waals surface area contributed by atoms with E-state index in [9.17, 15) is 70.9 Å². The van der Waals surface area contributed by atoms with E-state index in [1.807, 2.05) is 0 Å². The molecule has 3 aliphatic rings. The molecule has 23 heteroatoms. The van der Waals surface area contributed by atoms with Gasteiger partial charge in [-0.1, -0.05) is 6.07 Å². The molecule has 0 unspecified atom stereocenters. The highest BCUT2D eigenvalue weighted by molar-refractivity contribution is 5.89. The lowest BCUT2D eigenvalue weighted by atomic mass is 9.97. The van der Waals surface area contributed by atoms with Crippen LogP contribution in [0.5, 0.6) is 40.2 Å². The molecule has 12 N–H and O–H groups in total. The third-order valence-corrected chi connectivity index (χ3v) is 11.2. The number of fused-ring (bicyclic) bond motifs is 1. The van der Waals surface area contributed by atoms with Crippen molar-refractivity contribution >= 4 is 23.0 Å². The zero-order valence-electron chi connectivity index (χ0n) is 35.0. The maximum atomic E-state index is 14.1. The summed E-state index contributed by atoms with van der Waals surface area (Å²) in [4.78, 5) is 26.6. The van der Waals surface area contributed by atoms with Crippen LogP contribution in [-0.2, 0) is 28.5 Å². The summed E-state index contributed by atoms with van der Waals surface area (Å²) >= 11 is 0. The van der Waals surface area contributed by atoms with E-state index in [1.54, 1.807) is 0 Å². The molecule has 0 bridgehead atoms. The van der Waals surface area contributed by atoms with E-state index < -0.39 is 144 Å². The molecule has 3 aromatic carbocycles. The average Bonchev–Trinajstić information content (AvgIpc) is 3.28. The Morgan fingerprint density at radius 2 is 1.32 bits per heavy atom. The second kappa shape index (κ2) is 19.6. The zero-order chi connectivity index (χ0) is 47.9. The lowest BCUT2D eigenvalue weighted by Gasteiger charge is -2.45. The third kappa shape index (κ3) is 9.69. The van der Waals surface area contributed by atoms with E-state index in [4.69, 9.17) is 42.3 Å². The van der Waals surface area contributed by atoms with Crippen LogP contribution in [-0.4, -0.2) is 173 Å². The summed E-state index contributed by atoms with van der Waals surface area (Å²) in [5.74, 6) is -4.30. The third-order valence-electron chi connectivity index (χ3n) is 11.2. The summed E-state index contributed by atoms with van der Waals surface area (Å²) in [6.45, 7) is 2.08. The van der Waals surface area contributed by atoms with Crippen molar-refractivity contribution in [2.75, 3.05) is 13.7 Å². The van der Waals surface area contributed by atoms with Gasteiger partial charge in [0.25, 0.3) is 0 Å². The van der Waals surface area contributed by atoms with Crippen molar-refractivity contribution in [1.82, 2.24) is 0 Å². The molecule has 23 nitrogen and oxygen atoms in total. The highest BCUT2D eigenvalue weighted by Crippen LogP contribution is 2.41. The fourth-order valence-corrected chi connectivity index (χ4v) is 7.40. The number of aromatic hydroxyl groups is 4. The Balaban J connectivity index is 1.10. The van der Waals surface area contributed by atoms with Crippen molar-refractivity contribution < 1.29 is 108 Å². The number of phenolic OH excluding ortho intramolecular Hbond substituents is 4. The Bertz CT molecular complexity index is 2470. The van der Waals surface area contributed by atoms with Gasteiger partial charge in [0.05, 0.1) is 19.3 Å². The lowest BCUT2D eigenvalue weighted by molar-refractivity contribution is -0.350.